The highest BCUT2D eigenvalue weighted by Gasteiger charge is 2.29. The minimum atomic E-state index is -0.471. The monoisotopic (exact) mass is 507 g/mol. The number of hydrogen-bond acceptors (Lipinski definition) is 6. The van der Waals surface area contributed by atoms with E-state index in [1.807, 2.05) is 23.1 Å². The SMILES string of the molecule is COCCCn1c([C@@H]2CCCN(C(=O)C[C@H](N)CNC(=O)c3cccc(OC)c3)C2)nc2ccccc21. The number of hydrogen-bond donors (Lipinski definition) is 2. The molecule has 3 aromatic rings. The Labute approximate surface area is 217 Å². The lowest BCUT2D eigenvalue weighted by atomic mass is 9.96. The van der Waals surface area contributed by atoms with E-state index >= 15 is 0 Å². The van der Waals surface area contributed by atoms with Crippen molar-refractivity contribution in [3.05, 3.63) is 59.9 Å². The second-order valence-corrected chi connectivity index (χ2v) is 9.54. The van der Waals surface area contributed by atoms with E-state index in [2.05, 4.69) is 16.0 Å². The van der Waals surface area contributed by atoms with Gasteiger partial charge in [0.2, 0.25) is 5.91 Å². The lowest BCUT2D eigenvalue weighted by Crippen LogP contribution is -2.45. The topological polar surface area (TPSA) is 112 Å². The first-order valence-corrected chi connectivity index (χ1v) is 12.9. The van der Waals surface area contributed by atoms with Gasteiger partial charge in [0.15, 0.2) is 0 Å². The van der Waals surface area contributed by atoms with Gasteiger partial charge in [-0.2, -0.15) is 0 Å². The van der Waals surface area contributed by atoms with Crippen LogP contribution in [0.25, 0.3) is 11.0 Å². The zero-order chi connectivity index (χ0) is 26.2. The minimum Gasteiger partial charge on any atom is -0.497 e. The number of amides is 2. The molecule has 1 fully saturated rings. The Morgan fingerprint density at radius 1 is 1.19 bits per heavy atom. The summed E-state index contributed by atoms with van der Waals surface area (Å²) in [5, 5.41) is 2.83. The number of nitrogens with two attached hydrogens (primary N) is 1. The first-order chi connectivity index (χ1) is 18.0. The molecule has 9 heteroatoms. The third-order valence-electron chi connectivity index (χ3n) is 6.85. The van der Waals surface area contributed by atoms with Gasteiger partial charge < -0.3 is 30.0 Å². The molecule has 4 rings (SSSR count). The van der Waals surface area contributed by atoms with Gasteiger partial charge in [-0.05, 0) is 49.6 Å². The number of imidazole rings is 1. The molecule has 1 aliphatic heterocycles. The van der Waals surface area contributed by atoms with E-state index in [4.69, 9.17) is 20.2 Å². The summed E-state index contributed by atoms with van der Waals surface area (Å²) in [5.74, 6) is 1.57. The molecule has 1 saturated heterocycles. The number of para-hydroxylation sites is 2. The zero-order valence-corrected chi connectivity index (χ0v) is 21.7. The Balaban J connectivity index is 1.35. The molecule has 3 N–H and O–H groups in total. The van der Waals surface area contributed by atoms with E-state index in [0.29, 0.717) is 31.0 Å². The van der Waals surface area contributed by atoms with E-state index < -0.39 is 6.04 Å². The molecule has 1 aromatic heterocycles. The Bertz CT molecular complexity index is 1210. The second kappa shape index (κ2) is 12.7. The molecule has 2 atom stereocenters. The third-order valence-corrected chi connectivity index (χ3v) is 6.85. The highest BCUT2D eigenvalue weighted by Crippen LogP contribution is 2.30. The number of carbonyl (C=O) groups is 2. The summed E-state index contributed by atoms with van der Waals surface area (Å²) >= 11 is 0. The van der Waals surface area contributed by atoms with Crippen LogP contribution in [0.3, 0.4) is 0 Å². The molecule has 0 bridgehead atoms. The molecule has 198 valence electrons. The minimum absolute atomic E-state index is 0.00914. The predicted octanol–water partition coefficient (Wildman–Crippen LogP) is 2.93. The van der Waals surface area contributed by atoms with Crippen molar-refractivity contribution >= 4 is 22.8 Å². The highest BCUT2D eigenvalue weighted by molar-refractivity contribution is 5.94. The molecule has 0 radical (unpaired) electrons. The molecule has 2 heterocycles. The van der Waals surface area contributed by atoms with Crippen LogP contribution in [0.4, 0.5) is 0 Å². The van der Waals surface area contributed by atoms with Crippen molar-refractivity contribution in [1.29, 1.82) is 0 Å². The van der Waals surface area contributed by atoms with Crippen molar-refractivity contribution in [1.82, 2.24) is 19.8 Å². The molecule has 0 spiro atoms. The van der Waals surface area contributed by atoms with Crippen molar-refractivity contribution in [2.75, 3.05) is 40.5 Å². The van der Waals surface area contributed by atoms with Crippen LogP contribution in [0.5, 0.6) is 5.75 Å². The molecule has 0 unspecified atom stereocenters. The average Bonchev–Trinajstić information content (AvgIpc) is 3.30. The summed E-state index contributed by atoms with van der Waals surface area (Å²) < 4.78 is 12.7. The number of aromatic nitrogens is 2. The molecular weight excluding hydrogens is 470 g/mol. The number of piperidine rings is 1. The van der Waals surface area contributed by atoms with E-state index in [0.717, 1.165) is 42.7 Å². The molecule has 0 aliphatic carbocycles. The van der Waals surface area contributed by atoms with Crippen LogP contribution in [-0.4, -0.2) is 72.8 Å². The maximum Gasteiger partial charge on any atom is 0.251 e. The fraction of sp³-hybridized carbons (Fsp3) is 0.464. The van der Waals surface area contributed by atoms with Gasteiger partial charge in [0.25, 0.3) is 5.91 Å². The number of likely N-dealkylation sites (tertiary alicyclic amines) is 1. The van der Waals surface area contributed by atoms with Crippen molar-refractivity contribution < 1.29 is 19.1 Å². The fourth-order valence-electron chi connectivity index (χ4n) is 4.94. The normalized spacial score (nSPS) is 16.5. The number of nitrogens with one attached hydrogen (secondary N) is 1. The van der Waals surface area contributed by atoms with Gasteiger partial charge in [0.1, 0.15) is 11.6 Å². The third kappa shape index (κ3) is 6.67. The van der Waals surface area contributed by atoms with Crippen molar-refractivity contribution in [3.8, 4) is 5.75 Å². The lowest BCUT2D eigenvalue weighted by Gasteiger charge is -2.33. The number of aryl methyl sites for hydroxylation is 1. The van der Waals surface area contributed by atoms with E-state index in [9.17, 15) is 9.59 Å². The molecular formula is C28H37N5O4. The smallest absolute Gasteiger partial charge is 0.251 e. The largest absolute Gasteiger partial charge is 0.497 e. The number of methoxy groups -OCH3 is 2. The van der Waals surface area contributed by atoms with Crippen LogP contribution >= 0.6 is 0 Å². The highest BCUT2D eigenvalue weighted by atomic mass is 16.5. The van der Waals surface area contributed by atoms with Gasteiger partial charge in [-0.1, -0.05) is 18.2 Å². The predicted molar refractivity (Wildman–Crippen MR) is 143 cm³/mol. The Kier molecular flexibility index (Phi) is 9.14. The molecule has 9 nitrogen and oxygen atoms in total. The van der Waals surface area contributed by atoms with Gasteiger partial charge in [-0.15, -0.1) is 0 Å². The second-order valence-electron chi connectivity index (χ2n) is 9.54. The first-order valence-electron chi connectivity index (χ1n) is 12.9. The maximum atomic E-state index is 13.1. The standard InChI is InChI=1S/C28H37N5O4/c1-36-15-7-14-33-25-12-4-3-11-24(25)31-27(33)21-9-6-13-32(19-21)26(34)17-22(29)18-30-28(35)20-8-5-10-23(16-20)37-2/h3-5,8,10-12,16,21-22H,6-7,9,13-15,17-19,29H2,1-2H3,(H,30,35)/t21-,22+/m1/s1. The Morgan fingerprint density at radius 2 is 2.03 bits per heavy atom. The average molecular weight is 508 g/mol. The van der Waals surface area contributed by atoms with Crippen LogP contribution in [0.1, 0.15) is 47.8 Å². The summed E-state index contributed by atoms with van der Waals surface area (Å²) in [4.78, 5) is 32.5. The maximum absolute atomic E-state index is 13.1. The van der Waals surface area contributed by atoms with Gasteiger partial charge in [-0.3, -0.25) is 9.59 Å². The molecule has 37 heavy (non-hydrogen) atoms. The van der Waals surface area contributed by atoms with Gasteiger partial charge >= 0.3 is 0 Å². The van der Waals surface area contributed by atoms with Crippen LogP contribution in [0.2, 0.25) is 0 Å². The van der Waals surface area contributed by atoms with Gasteiger partial charge in [0, 0.05) is 63.8 Å². The van der Waals surface area contributed by atoms with Crippen molar-refractivity contribution in [2.24, 2.45) is 5.73 Å². The van der Waals surface area contributed by atoms with E-state index in [-0.39, 0.29) is 30.7 Å². The Hall–Kier alpha value is -3.43. The molecule has 2 aromatic carbocycles. The fourth-order valence-corrected chi connectivity index (χ4v) is 4.94. The van der Waals surface area contributed by atoms with Crippen LogP contribution in [-0.2, 0) is 16.1 Å². The van der Waals surface area contributed by atoms with Crippen molar-refractivity contribution in [3.63, 3.8) is 0 Å². The van der Waals surface area contributed by atoms with E-state index in [1.54, 1.807) is 38.5 Å². The quantitative estimate of drug-likeness (QED) is 0.386. The lowest BCUT2D eigenvalue weighted by molar-refractivity contribution is -0.132. The first kappa shape index (κ1) is 26.6. The summed E-state index contributed by atoms with van der Waals surface area (Å²) in [5.41, 5.74) is 8.82. The number of rotatable bonds is 11. The number of carbonyl (C=O) groups excluding carboxylic acids is 2. The van der Waals surface area contributed by atoms with Gasteiger partial charge in [0.05, 0.1) is 18.1 Å². The summed E-state index contributed by atoms with van der Waals surface area (Å²) in [6, 6.07) is 14.6. The summed E-state index contributed by atoms with van der Waals surface area (Å²) in [6.45, 7) is 3.06. The number of ether oxygens (including phenoxy) is 2. The zero-order valence-electron chi connectivity index (χ0n) is 21.7. The number of fused-ring (bicyclic) bond motifs is 1. The number of nitrogens with zero attached hydrogens (tertiary/aromatic N) is 3. The summed E-state index contributed by atoms with van der Waals surface area (Å²) in [7, 11) is 3.27. The van der Waals surface area contributed by atoms with Crippen LogP contribution in [0.15, 0.2) is 48.5 Å². The molecule has 2 amide bonds. The Morgan fingerprint density at radius 3 is 2.84 bits per heavy atom. The molecule has 0 saturated carbocycles. The molecule has 1 aliphatic rings. The van der Waals surface area contributed by atoms with Crippen LogP contribution in [0, 0.1) is 0 Å². The van der Waals surface area contributed by atoms with Gasteiger partial charge in [-0.25, -0.2) is 4.98 Å². The van der Waals surface area contributed by atoms with Crippen molar-refractivity contribution in [2.45, 2.75) is 44.2 Å². The van der Waals surface area contributed by atoms with Crippen LogP contribution < -0.4 is 15.8 Å². The summed E-state index contributed by atoms with van der Waals surface area (Å²) in [6.07, 6.45) is 2.98. The van der Waals surface area contributed by atoms with E-state index in [1.165, 1.54) is 0 Å². The number of benzene rings is 2.